The topological polar surface area (TPSA) is 257 Å². The first-order valence-corrected chi connectivity index (χ1v) is 25.8. The maximum Gasteiger partial charge on any atom is 0.264 e. The molecule has 400 valence electrons. The minimum absolute atomic E-state index is 0.0549. The van der Waals surface area contributed by atoms with Crippen LogP contribution in [0, 0.1) is 6.92 Å². The number of anilines is 4. The summed E-state index contributed by atoms with van der Waals surface area (Å²) in [6, 6.07) is 22.8. The summed E-state index contributed by atoms with van der Waals surface area (Å²) in [6.45, 7) is 8.69. The number of piperidine rings is 1. The predicted molar refractivity (Wildman–Crippen MR) is 283 cm³/mol. The zero-order chi connectivity index (χ0) is 53.5. The van der Waals surface area contributed by atoms with Gasteiger partial charge in [-0.05, 0) is 91.9 Å². The number of carbonyl (C=O) groups is 6. The minimum atomic E-state index is -1.03. The van der Waals surface area contributed by atoms with Crippen LogP contribution in [0.5, 0.6) is 0 Å². The van der Waals surface area contributed by atoms with E-state index in [1.807, 2.05) is 78.7 Å². The van der Waals surface area contributed by atoms with Crippen molar-refractivity contribution in [2.24, 2.45) is 0 Å². The van der Waals surface area contributed by atoms with Crippen LogP contribution in [0.4, 0.5) is 23.0 Å². The van der Waals surface area contributed by atoms with Gasteiger partial charge in [-0.25, -0.2) is 14.6 Å². The third-order valence-corrected chi connectivity index (χ3v) is 13.4. The molecule has 2 saturated heterocycles. The maximum absolute atomic E-state index is 13.3. The van der Waals surface area contributed by atoms with Crippen LogP contribution in [0.3, 0.4) is 0 Å². The highest BCUT2D eigenvalue weighted by Crippen LogP contribution is 2.32. The van der Waals surface area contributed by atoms with Crippen LogP contribution < -0.4 is 21.3 Å². The van der Waals surface area contributed by atoms with Crippen molar-refractivity contribution in [2.75, 3.05) is 88.3 Å². The largest absolute Gasteiger partial charge is 0.382 e. The van der Waals surface area contributed by atoms with Gasteiger partial charge in [-0.2, -0.15) is 0 Å². The van der Waals surface area contributed by atoms with Gasteiger partial charge in [0.25, 0.3) is 17.7 Å². The molecule has 3 aliphatic rings. The Morgan fingerprint density at radius 3 is 2.39 bits per heavy atom. The van der Waals surface area contributed by atoms with Gasteiger partial charge in [-0.1, -0.05) is 29.5 Å². The third-order valence-electron chi connectivity index (χ3n) is 13.4. The van der Waals surface area contributed by atoms with Gasteiger partial charge in [0.15, 0.2) is 0 Å². The highest BCUT2D eigenvalue weighted by atomic mass is 16.5. The first-order valence-electron chi connectivity index (χ1n) is 25.8. The summed E-state index contributed by atoms with van der Waals surface area (Å²) in [5, 5.41) is 20.1. The first-order chi connectivity index (χ1) is 37.6. The van der Waals surface area contributed by atoms with E-state index in [-0.39, 0.29) is 35.8 Å². The van der Waals surface area contributed by atoms with E-state index in [4.69, 9.17) is 14.2 Å². The molecule has 0 saturated carbocycles. The zero-order valence-corrected chi connectivity index (χ0v) is 42.8. The molecule has 3 aliphatic heterocycles. The lowest BCUT2D eigenvalue weighted by Gasteiger charge is -2.34. The molecule has 0 aliphatic carbocycles. The van der Waals surface area contributed by atoms with Gasteiger partial charge in [0.1, 0.15) is 6.04 Å². The van der Waals surface area contributed by atoms with Crippen molar-refractivity contribution in [2.45, 2.75) is 58.2 Å². The smallest absolute Gasteiger partial charge is 0.264 e. The normalized spacial score (nSPS) is 15.6. The number of hydrogen-bond donors (Lipinski definition) is 4. The molecule has 3 aromatic carbocycles. The number of aryl methyl sites for hydroxylation is 2. The predicted octanol–water partition coefficient (Wildman–Crippen LogP) is 4.66. The number of aromatic nitrogens is 6. The van der Waals surface area contributed by atoms with Gasteiger partial charge in [0.2, 0.25) is 23.7 Å². The summed E-state index contributed by atoms with van der Waals surface area (Å²) in [4.78, 5) is 95.0. The van der Waals surface area contributed by atoms with E-state index in [1.54, 1.807) is 41.5 Å². The van der Waals surface area contributed by atoms with Gasteiger partial charge in [-0.15, -0.1) is 5.10 Å². The highest BCUT2D eigenvalue weighted by molar-refractivity contribution is 6.25. The second-order valence-electron chi connectivity index (χ2n) is 18.7. The average Bonchev–Trinajstić information content (AvgIpc) is 4.15. The number of carbonyl (C=O) groups excluding carboxylic acids is 6. The Morgan fingerprint density at radius 2 is 1.61 bits per heavy atom. The Kier molecular flexibility index (Phi) is 18.0. The number of benzene rings is 3. The molecule has 0 bridgehead atoms. The van der Waals surface area contributed by atoms with Gasteiger partial charge in [-0.3, -0.25) is 48.9 Å². The van der Waals surface area contributed by atoms with Gasteiger partial charge < -0.3 is 35.1 Å². The van der Waals surface area contributed by atoms with E-state index in [0.29, 0.717) is 108 Å². The van der Waals surface area contributed by atoms with Crippen molar-refractivity contribution < 1.29 is 43.0 Å². The van der Waals surface area contributed by atoms with Crippen LogP contribution in [0.1, 0.15) is 73.6 Å². The van der Waals surface area contributed by atoms with E-state index >= 15 is 0 Å². The Balaban J connectivity index is 0.591. The summed E-state index contributed by atoms with van der Waals surface area (Å²) >= 11 is 0. The molecule has 6 aromatic rings. The maximum atomic E-state index is 13.3. The van der Waals surface area contributed by atoms with Crippen molar-refractivity contribution in [1.29, 1.82) is 0 Å². The van der Waals surface area contributed by atoms with Crippen LogP contribution in [0.15, 0.2) is 104 Å². The lowest BCUT2D eigenvalue weighted by atomic mass is 10.0. The number of hydrogen-bond acceptors (Lipinski definition) is 17. The third kappa shape index (κ3) is 14.1. The number of imide groups is 2. The Labute approximate surface area is 444 Å². The molecule has 9 rings (SSSR count). The molecule has 0 spiro atoms. The number of amides is 6. The number of fused-ring (bicyclic) bond motifs is 1. The minimum Gasteiger partial charge on any atom is -0.382 e. The fourth-order valence-electron chi connectivity index (χ4n) is 9.19. The van der Waals surface area contributed by atoms with Crippen LogP contribution in [0.25, 0.3) is 11.3 Å². The van der Waals surface area contributed by atoms with Crippen molar-refractivity contribution >= 4 is 58.5 Å². The van der Waals surface area contributed by atoms with Crippen LogP contribution in [-0.2, 0) is 48.1 Å². The molecular formula is C55H61N13O9. The van der Waals surface area contributed by atoms with Crippen molar-refractivity contribution in [3.8, 4) is 11.3 Å². The van der Waals surface area contributed by atoms with Gasteiger partial charge >= 0.3 is 0 Å². The summed E-state index contributed by atoms with van der Waals surface area (Å²) in [6.07, 6.45) is 8.95. The number of nitrogens with one attached hydrogen (secondary N) is 4. The molecule has 2 fully saturated rings. The van der Waals surface area contributed by atoms with Crippen LogP contribution in [-0.4, -0.2) is 158 Å². The van der Waals surface area contributed by atoms with Gasteiger partial charge in [0.05, 0.1) is 68.7 Å². The summed E-state index contributed by atoms with van der Waals surface area (Å²) in [7, 11) is 0. The molecule has 6 heterocycles. The molecule has 77 heavy (non-hydrogen) atoms. The molecule has 22 heteroatoms. The number of ether oxygens (including phenoxy) is 3. The SMILES string of the molecule is Cc1ccc(NC(=O)c2ccc(CN3CCN(C(=O)CCCc4cn(CCOCCOCCOCCNc5cccc6c5C(=O)N(C5CCC(=O)NC5=O)C6=O)nn4)CC3)cc2)cc1Nc1nccc(-c2cccnc2)n1. The lowest BCUT2D eigenvalue weighted by Crippen LogP contribution is -2.54. The Morgan fingerprint density at radius 1 is 0.818 bits per heavy atom. The van der Waals surface area contributed by atoms with E-state index in [0.717, 1.165) is 58.3 Å². The monoisotopic (exact) mass is 1050 g/mol. The lowest BCUT2D eigenvalue weighted by molar-refractivity contribution is -0.136. The van der Waals surface area contributed by atoms with Crippen molar-refractivity contribution in [3.63, 3.8) is 0 Å². The average molecular weight is 1050 g/mol. The highest BCUT2D eigenvalue weighted by Gasteiger charge is 2.45. The van der Waals surface area contributed by atoms with E-state index in [1.165, 1.54) is 0 Å². The molecule has 1 unspecified atom stereocenters. The first kappa shape index (κ1) is 53.5. The molecule has 3 aromatic heterocycles. The quantitative estimate of drug-likeness (QED) is 0.0449. The van der Waals surface area contributed by atoms with E-state index in [2.05, 4.69) is 51.4 Å². The van der Waals surface area contributed by atoms with E-state index < -0.39 is 29.7 Å². The molecular weight excluding hydrogens is 987 g/mol. The van der Waals surface area contributed by atoms with Gasteiger partial charge in [0, 0.05) is 105 Å². The fourth-order valence-corrected chi connectivity index (χ4v) is 9.19. The summed E-state index contributed by atoms with van der Waals surface area (Å²) in [5.41, 5.74) is 7.36. The molecule has 4 N–H and O–H groups in total. The zero-order valence-electron chi connectivity index (χ0n) is 42.8. The second kappa shape index (κ2) is 26.0. The Hall–Kier alpha value is -8.31. The van der Waals surface area contributed by atoms with Crippen molar-refractivity contribution in [3.05, 3.63) is 137 Å². The second-order valence-corrected chi connectivity index (χ2v) is 18.7. The molecule has 0 radical (unpaired) electrons. The molecule has 22 nitrogen and oxygen atoms in total. The number of nitrogens with zero attached hydrogens (tertiary/aromatic N) is 9. The fraction of sp³-hybridized carbons (Fsp3) is 0.364. The number of piperazine rings is 1. The van der Waals surface area contributed by atoms with Crippen LogP contribution >= 0.6 is 0 Å². The number of pyridine rings is 1. The van der Waals surface area contributed by atoms with Crippen molar-refractivity contribution in [1.82, 2.24) is 50.0 Å². The van der Waals surface area contributed by atoms with Crippen LogP contribution in [0.2, 0.25) is 0 Å². The number of rotatable bonds is 25. The Bertz CT molecular complexity index is 3060. The summed E-state index contributed by atoms with van der Waals surface area (Å²) < 4.78 is 18.7. The van der Waals surface area contributed by atoms with E-state index in [9.17, 15) is 28.8 Å². The molecule has 1 atom stereocenters. The summed E-state index contributed by atoms with van der Waals surface area (Å²) in [5.74, 6) is -1.84. The standard InChI is InChI=1S/C55H61N13O9/c1-37-10-15-41(33-46(37)61-55-58-20-18-44(60-55)40-5-4-19-56-34-40)59-51(71)39-13-11-38(12-14-39)35-65-22-24-66(25-23-65)49(70)9-2-6-42-36-67(64-63-42)26-28-76-30-32-77-31-29-75-27-21-57-45-8-3-7-43-50(45)54(74)68(53(43)73)47-16-17-48(69)62-52(47)72/h3-5,7-8,10-15,18-20,33-34,36,47,57H,2,6,9,16-17,21-32,35H2,1H3,(H,59,71)(H,58,60,61)(H,62,69,72). The molecule has 6 amide bonds.